The highest BCUT2D eigenvalue weighted by Crippen LogP contribution is 2.19. The van der Waals surface area contributed by atoms with Gasteiger partial charge in [-0.3, -0.25) is 9.48 Å². The Labute approximate surface area is 129 Å². The minimum absolute atomic E-state index is 0.0745. The molecule has 0 spiro atoms. The van der Waals surface area contributed by atoms with Crippen LogP contribution in [0.15, 0.2) is 42.7 Å². The smallest absolute Gasteiger partial charge is 0.220 e. The van der Waals surface area contributed by atoms with Gasteiger partial charge in [0.2, 0.25) is 5.91 Å². The van der Waals surface area contributed by atoms with Crippen LogP contribution in [0.25, 0.3) is 10.9 Å². The van der Waals surface area contributed by atoms with Crippen LogP contribution in [0.5, 0.6) is 0 Å². The molecule has 0 unspecified atom stereocenters. The molecule has 0 aliphatic rings. The van der Waals surface area contributed by atoms with Crippen LogP contribution in [0.4, 0.5) is 0 Å². The van der Waals surface area contributed by atoms with Crippen LogP contribution in [0.3, 0.4) is 0 Å². The van der Waals surface area contributed by atoms with E-state index in [4.69, 9.17) is 0 Å². The van der Waals surface area contributed by atoms with E-state index >= 15 is 0 Å². The van der Waals surface area contributed by atoms with Gasteiger partial charge in [-0.15, -0.1) is 0 Å². The van der Waals surface area contributed by atoms with E-state index in [1.165, 1.54) is 10.9 Å². The van der Waals surface area contributed by atoms with Gasteiger partial charge in [-0.25, -0.2) is 0 Å². The number of carbonyl (C=O) groups excluding carboxylic acids is 1. The summed E-state index contributed by atoms with van der Waals surface area (Å²) < 4.78 is 1.73. The van der Waals surface area contributed by atoms with Crippen LogP contribution in [-0.4, -0.2) is 20.7 Å². The fraction of sp³-hybridized carbons (Fsp3) is 0.294. The molecule has 0 saturated carbocycles. The van der Waals surface area contributed by atoms with Crippen LogP contribution < -0.4 is 5.32 Å². The van der Waals surface area contributed by atoms with Crippen molar-refractivity contribution in [3.05, 3.63) is 54.0 Å². The van der Waals surface area contributed by atoms with Gasteiger partial charge in [-0.05, 0) is 30.5 Å². The lowest BCUT2D eigenvalue weighted by Gasteiger charge is -2.03. The van der Waals surface area contributed by atoms with Crippen molar-refractivity contribution in [2.75, 3.05) is 0 Å². The standard InChI is InChI=1S/C17H20N4O/c1-21-10-9-14(20-21)12-19-17(22)8-4-5-13-11-18-16-7-3-2-6-15(13)16/h2-3,6-7,9-11,18H,4-5,8,12H2,1H3,(H,19,22). The Morgan fingerprint density at radius 2 is 2.18 bits per heavy atom. The molecule has 0 bridgehead atoms. The van der Waals surface area contributed by atoms with Crippen molar-refractivity contribution in [2.24, 2.45) is 7.05 Å². The van der Waals surface area contributed by atoms with Crippen LogP contribution in [0.1, 0.15) is 24.1 Å². The number of hydrogen-bond donors (Lipinski definition) is 2. The first kappa shape index (κ1) is 14.4. The van der Waals surface area contributed by atoms with Gasteiger partial charge in [-0.1, -0.05) is 18.2 Å². The van der Waals surface area contributed by atoms with E-state index in [0.29, 0.717) is 13.0 Å². The molecule has 0 fully saturated rings. The highest BCUT2D eigenvalue weighted by molar-refractivity contribution is 5.83. The Morgan fingerprint density at radius 3 is 3.00 bits per heavy atom. The molecular weight excluding hydrogens is 276 g/mol. The average molecular weight is 296 g/mol. The summed E-state index contributed by atoms with van der Waals surface area (Å²) in [6.07, 6.45) is 6.19. The highest BCUT2D eigenvalue weighted by atomic mass is 16.1. The zero-order chi connectivity index (χ0) is 15.4. The number of aryl methyl sites for hydroxylation is 2. The number of carbonyl (C=O) groups is 1. The number of fused-ring (bicyclic) bond motifs is 1. The topological polar surface area (TPSA) is 62.7 Å². The average Bonchev–Trinajstić information content (AvgIpc) is 3.12. The Bertz CT molecular complexity index is 772. The first-order chi connectivity index (χ1) is 10.7. The van der Waals surface area contributed by atoms with E-state index in [2.05, 4.69) is 27.5 Å². The van der Waals surface area contributed by atoms with Gasteiger partial charge >= 0.3 is 0 Å². The number of aromatic nitrogens is 3. The van der Waals surface area contributed by atoms with Gasteiger partial charge in [0.05, 0.1) is 12.2 Å². The summed E-state index contributed by atoms with van der Waals surface area (Å²) in [6, 6.07) is 10.2. The number of nitrogens with one attached hydrogen (secondary N) is 2. The summed E-state index contributed by atoms with van der Waals surface area (Å²) in [5.41, 5.74) is 3.30. The van der Waals surface area contributed by atoms with E-state index in [1.54, 1.807) is 4.68 Å². The second-order valence-corrected chi connectivity index (χ2v) is 5.47. The molecule has 2 aromatic heterocycles. The number of benzene rings is 1. The number of hydrogen-bond acceptors (Lipinski definition) is 2. The molecule has 2 heterocycles. The number of nitrogens with zero attached hydrogens (tertiary/aromatic N) is 2. The number of aromatic amines is 1. The van der Waals surface area contributed by atoms with Gasteiger partial charge in [0.25, 0.3) is 0 Å². The second kappa shape index (κ2) is 6.47. The fourth-order valence-corrected chi connectivity index (χ4v) is 2.61. The van der Waals surface area contributed by atoms with Crippen molar-refractivity contribution in [2.45, 2.75) is 25.8 Å². The predicted octanol–water partition coefficient (Wildman–Crippen LogP) is 2.54. The van der Waals surface area contributed by atoms with Gasteiger partial charge in [0.15, 0.2) is 0 Å². The maximum atomic E-state index is 11.9. The number of rotatable bonds is 6. The minimum atomic E-state index is 0.0745. The summed E-state index contributed by atoms with van der Waals surface area (Å²) in [7, 11) is 1.87. The van der Waals surface area contributed by atoms with E-state index in [1.807, 2.05) is 37.6 Å². The molecule has 3 aromatic rings. The molecule has 0 aliphatic heterocycles. The maximum Gasteiger partial charge on any atom is 0.220 e. The summed E-state index contributed by atoms with van der Waals surface area (Å²) in [6.45, 7) is 0.493. The highest BCUT2D eigenvalue weighted by Gasteiger charge is 2.06. The number of H-pyrrole nitrogens is 1. The predicted molar refractivity (Wildman–Crippen MR) is 86.3 cm³/mol. The Balaban J connectivity index is 1.45. The molecule has 0 saturated heterocycles. The lowest BCUT2D eigenvalue weighted by Crippen LogP contribution is -2.22. The van der Waals surface area contributed by atoms with Crippen LogP contribution >= 0.6 is 0 Å². The first-order valence-corrected chi connectivity index (χ1v) is 7.52. The van der Waals surface area contributed by atoms with Crippen molar-refractivity contribution in [3.63, 3.8) is 0 Å². The van der Waals surface area contributed by atoms with Crippen LogP contribution in [0.2, 0.25) is 0 Å². The molecule has 5 nitrogen and oxygen atoms in total. The Kier molecular flexibility index (Phi) is 4.23. The normalized spacial score (nSPS) is 11.0. The lowest BCUT2D eigenvalue weighted by molar-refractivity contribution is -0.121. The summed E-state index contributed by atoms with van der Waals surface area (Å²) >= 11 is 0. The third-order valence-corrected chi connectivity index (χ3v) is 3.76. The zero-order valence-corrected chi connectivity index (χ0v) is 12.7. The molecule has 1 amide bonds. The number of amides is 1. The molecule has 2 N–H and O–H groups in total. The third-order valence-electron chi connectivity index (χ3n) is 3.76. The molecule has 0 aliphatic carbocycles. The molecule has 22 heavy (non-hydrogen) atoms. The summed E-state index contributed by atoms with van der Waals surface area (Å²) in [4.78, 5) is 15.1. The molecule has 1 aromatic carbocycles. The molecule has 3 rings (SSSR count). The van der Waals surface area contributed by atoms with Gasteiger partial charge in [0.1, 0.15) is 0 Å². The SMILES string of the molecule is Cn1ccc(CNC(=O)CCCc2c[nH]c3ccccc23)n1. The molecule has 5 heteroatoms. The van der Waals surface area contributed by atoms with Crippen molar-refractivity contribution in [1.82, 2.24) is 20.1 Å². The van der Waals surface area contributed by atoms with Crippen molar-refractivity contribution in [3.8, 4) is 0 Å². The molecule has 114 valence electrons. The van der Waals surface area contributed by atoms with Crippen molar-refractivity contribution < 1.29 is 4.79 Å². The largest absolute Gasteiger partial charge is 0.361 e. The number of para-hydroxylation sites is 1. The summed E-state index contributed by atoms with van der Waals surface area (Å²) in [5, 5.41) is 8.39. The van der Waals surface area contributed by atoms with Gasteiger partial charge < -0.3 is 10.3 Å². The van der Waals surface area contributed by atoms with Crippen LogP contribution in [0, 0.1) is 0 Å². The molecule has 0 radical (unpaired) electrons. The monoisotopic (exact) mass is 296 g/mol. The van der Waals surface area contributed by atoms with E-state index in [-0.39, 0.29) is 5.91 Å². The summed E-state index contributed by atoms with van der Waals surface area (Å²) in [5.74, 6) is 0.0745. The van der Waals surface area contributed by atoms with E-state index < -0.39 is 0 Å². The zero-order valence-electron chi connectivity index (χ0n) is 12.7. The van der Waals surface area contributed by atoms with E-state index in [0.717, 1.165) is 24.1 Å². The van der Waals surface area contributed by atoms with Crippen molar-refractivity contribution >= 4 is 16.8 Å². The maximum absolute atomic E-state index is 11.9. The lowest BCUT2D eigenvalue weighted by atomic mass is 10.1. The fourth-order valence-electron chi connectivity index (χ4n) is 2.61. The Morgan fingerprint density at radius 1 is 1.32 bits per heavy atom. The van der Waals surface area contributed by atoms with Crippen molar-refractivity contribution in [1.29, 1.82) is 0 Å². The molecule has 0 atom stereocenters. The first-order valence-electron chi connectivity index (χ1n) is 7.52. The van der Waals surface area contributed by atoms with Crippen LogP contribution in [-0.2, 0) is 24.8 Å². The van der Waals surface area contributed by atoms with Gasteiger partial charge in [0, 0.05) is 36.8 Å². The van der Waals surface area contributed by atoms with Gasteiger partial charge in [-0.2, -0.15) is 5.10 Å². The third kappa shape index (κ3) is 3.36. The Hall–Kier alpha value is -2.56. The van der Waals surface area contributed by atoms with E-state index in [9.17, 15) is 4.79 Å². The minimum Gasteiger partial charge on any atom is -0.361 e. The quantitative estimate of drug-likeness (QED) is 0.734. The second-order valence-electron chi connectivity index (χ2n) is 5.47. The molecular formula is C17H20N4O.